The summed E-state index contributed by atoms with van der Waals surface area (Å²) in [5.74, 6) is -8.89. The van der Waals surface area contributed by atoms with Crippen LogP contribution in [0.1, 0.15) is 98.8 Å². The van der Waals surface area contributed by atoms with Gasteiger partial charge in [-0.05, 0) is 115 Å². The van der Waals surface area contributed by atoms with E-state index in [9.17, 15) is 28.8 Å². The first-order valence-corrected chi connectivity index (χ1v) is 36.4. The summed E-state index contributed by atoms with van der Waals surface area (Å²) in [6.45, 7) is -2.73. The minimum atomic E-state index is -2.29. The van der Waals surface area contributed by atoms with Crippen molar-refractivity contribution in [3.05, 3.63) is 359 Å². The topological polar surface area (TPSA) is 301 Å². The van der Waals surface area contributed by atoms with Crippen LogP contribution in [0.15, 0.2) is 303 Å². The fourth-order valence-corrected chi connectivity index (χ4v) is 12.9. The molecule has 3 fully saturated rings. The van der Waals surface area contributed by atoms with Crippen molar-refractivity contribution in [3.63, 3.8) is 0 Å². The van der Waals surface area contributed by atoms with Gasteiger partial charge in [0.05, 0.1) is 56.7 Å². The maximum Gasteiger partial charge on any atom is 0.338 e. The van der Waals surface area contributed by atoms with Gasteiger partial charge in [0.25, 0.3) is 0 Å². The molecule has 0 unspecified atom stereocenters. The lowest BCUT2D eigenvalue weighted by Gasteiger charge is -2.50. The van der Waals surface area contributed by atoms with E-state index in [0.717, 1.165) is 0 Å². The Morgan fingerprint density at radius 1 is 0.237 bits per heavy atom. The number of methoxy groups -OCH3 is 1. The van der Waals surface area contributed by atoms with E-state index in [2.05, 4.69) is 0 Å². The monoisotopic (exact) mass is 1540 g/mol. The van der Waals surface area contributed by atoms with E-state index in [0.29, 0.717) is 5.56 Å². The highest BCUT2D eigenvalue weighted by Gasteiger charge is 2.61. The van der Waals surface area contributed by atoms with Crippen molar-refractivity contribution in [2.75, 3.05) is 26.9 Å². The first-order chi connectivity index (χ1) is 55.7. The number of carbonyl (C=O) groups is 9. The largest absolute Gasteiger partial charge is 0.459 e. The van der Waals surface area contributed by atoms with Crippen molar-refractivity contribution < 1.29 is 119 Å². The zero-order valence-electron chi connectivity index (χ0n) is 61.1. The van der Waals surface area contributed by atoms with Crippen LogP contribution in [0.3, 0.4) is 0 Å². The van der Waals surface area contributed by atoms with Crippen LogP contribution >= 0.6 is 0 Å². The molecule has 3 aliphatic heterocycles. The molecule has 3 aliphatic rings. The second-order valence-corrected chi connectivity index (χ2v) is 26.1. The molecule has 0 N–H and O–H groups in total. The summed E-state index contributed by atoms with van der Waals surface area (Å²) in [6, 6.07) is 78.4. The number of esters is 9. The molecule has 0 radical (unpaired) electrons. The summed E-state index contributed by atoms with van der Waals surface area (Å²) >= 11 is 0. The highest BCUT2D eigenvalue weighted by Crippen LogP contribution is 2.40. The second kappa shape index (κ2) is 38.9. The zero-order valence-corrected chi connectivity index (χ0v) is 61.1. The molecule has 3 heterocycles. The number of hydrogen-bond acceptors (Lipinski definition) is 25. The number of benzene rings is 10. The van der Waals surface area contributed by atoms with Gasteiger partial charge in [0.1, 0.15) is 56.4 Å². The lowest BCUT2D eigenvalue weighted by Crippen LogP contribution is -2.69. The van der Waals surface area contributed by atoms with Gasteiger partial charge in [0, 0.05) is 7.11 Å². The van der Waals surface area contributed by atoms with E-state index < -0.39 is 166 Å². The van der Waals surface area contributed by atoms with Crippen molar-refractivity contribution in [2.24, 2.45) is 0 Å². The third kappa shape index (κ3) is 20.3. The van der Waals surface area contributed by atoms with Crippen LogP contribution in [0.25, 0.3) is 0 Å². The first-order valence-electron chi connectivity index (χ1n) is 36.4. The minimum Gasteiger partial charge on any atom is -0.459 e. The number of ether oxygens (including phenoxy) is 16. The number of rotatable bonds is 29. The lowest BCUT2D eigenvalue weighted by molar-refractivity contribution is -0.378. The maximum atomic E-state index is 15.6. The fraction of sp³-hybridized carbons (Fsp3) is 0.225. The SMILES string of the molecule is CO[C@@H]1O[C@H](COC(=O)c2ccccc2)[C@H](OC(=O)c2ccccc2)[C@H](O[C@@H]2O[C@H](COC(=O)c3ccccc3)[C@H](OC(=O)c3ccccc3)[C@H](O[C@@H]3O[C@H](COC(=O)c4ccccc4)[C@H](OC(=O)c4ccccc4)[C@H](OCc4ccccc4)[C@H]3OC(=O)c3ccccc3)[C@H]2OC(=O)c2ccccc2)[C@H]1OC(=O)c1ccccc1. The molecule has 582 valence electrons. The molecule has 10 aromatic rings. The third-order valence-corrected chi connectivity index (χ3v) is 18.6. The van der Waals surface area contributed by atoms with Gasteiger partial charge < -0.3 is 75.8 Å². The van der Waals surface area contributed by atoms with Gasteiger partial charge in [0.15, 0.2) is 55.5 Å². The van der Waals surface area contributed by atoms with Crippen LogP contribution in [0, 0.1) is 0 Å². The van der Waals surface area contributed by atoms with Crippen molar-refractivity contribution in [2.45, 2.75) is 98.7 Å². The normalized spacial score (nSPS) is 23.0. The Kier molecular flexibility index (Phi) is 27.0. The van der Waals surface area contributed by atoms with Crippen LogP contribution in [-0.2, 0) is 82.4 Å². The summed E-state index contributed by atoms with van der Waals surface area (Å²) in [5, 5.41) is 0. The first kappa shape index (κ1) is 79.2. The molecule has 0 bridgehead atoms. The molecule has 25 nitrogen and oxygen atoms in total. The van der Waals surface area contributed by atoms with Gasteiger partial charge in [-0.1, -0.05) is 194 Å². The van der Waals surface area contributed by atoms with Crippen molar-refractivity contribution in [1.82, 2.24) is 0 Å². The molecule has 0 amide bonds. The van der Waals surface area contributed by atoms with E-state index >= 15 is 14.4 Å². The van der Waals surface area contributed by atoms with Crippen LogP contribution in [0.2, 0.25) is 0 Å². The molecule has 0 aromatic heterocycles. The van der Waals surface area contributed by atoms with Crippen molar-refractivity contribution in [1.29, 1.82) is 0 Å². The quantitative estimate of drug-likeness (QED) is 0.0311. The van der Waals surface area contributed by atoms with Crippen LogP contribution in [0.4, 0.5) is 0 Å². The summed E-state index contributed by atoms with van der Waals surface area (Å²) < 4.78 is 106. The summed E-state index contributed by atoms with van der Waals surface area (Å²) in [4.78, 5) is 133. The summed E-state index contributed by atoms with van der Waals surface area (Å²) in [6.07, 6.45) is -29.3. The molecule has 0 spiro atoms. The average Bonchev–Trinajstić information content (AvgIpc) is 0.751. The Morgan fingerprint density at radius 2 is 0.439 bits per heavy atom. The molecule has 114 heavy (non-hydrogen) atoms. The van der Waals surface area contributed by atoms with Gasteiger partial charge in [-0.2, -0.15) is 0 Å². The zero-order chi connectivity index (χ0) is 79.1. The van der Waals surface area contributed by atoms with Crippen LogP contribution < -0.4 is 0 Å². The van der Waals surface area contributed by atoms with Gasteiger partial charge in [0.2, 0.25) is 0 Å². The molecule has 0 saturated carbocycles. The maximum absolute atomic E-state index is 15.6. The third-order valence-electron chi connectivity index (χ3n) is 18.6. The Labute approximate surface area is 654 Å². The van der Waals surface area contributed by atoms with E-state index in [1.54, 1.807) is 182 Å². The highest BCUT2D eigenvalue weighted by atomic mass is 16.8. The van der Waals surface area contributed by atoms with Crippen LogP contribution in [0.5, 0.6) is 0 Å². The van der Waals surface area contributed by atoms with Gasteiger partial charge >= 0.3 is 53.7 Å². The van der Waals surface area contributed by atoms with Gasteiger partial charge in [-0.25, -0.2) is 43.2 Å². The van der Waals surface area contributed by atoms with Crippen LogP contribution in [-0.4, -0.2) is 173 Å². The van der Waals surface area contributed by atoms with Crippen molar-refractivity contribution >= 4 is 53.7 Å². The van der Waals surface area contributed by atoms with E-state index in [-0.39, 0.29) is 56.7 Å². The van der Waals surface area contributed by atoms with E-state index in [4.69, 9.17) is 75.8 Å². The standard InChI is InChI=1S/C89H76O25/c1-99-87-76(111-85(97)64-48-28-10-29-49-64)73(70(108-82(94)61-42-22-7-23-43-61)67(104-87)54-102-79(91)58-36-16-4-17-37-58)113-89-77(112-86(98)65-50-30-11-31-51-65)74(71(109-83(95)62-44-24-8-25-45-62)68(106-89)55-103-80(92)59-38-18-5-19-39-59)114-88-75(110-84(96)63-46-26-9-27-47-63)72(100-52-56-32-12-2-13-33-56)69(107-81(93)60-40-20-6-21-41-60)66(105-88)53-101-78(90)57-34-14-3-15-35-57/h2-51,66-77,87-89H,52-55H2,1H3/t66-,67-,68-,69+,70+,71+,72+,73+,74+,75-,76-,77-,87-,88+,89+/m1/s1. The smallest absolute Gasteiger partial charge is 0.338 e. The van der Waals surface area contributed by atoms with E-state index in [1.165, 1.54) is 128 Å². The predicted molar refractivity (Wildman–Crippen MR) is 402 cm³/mol. The molecular formula is C89H76O25. The molecule has 15 atom stereocenters. The predicted octanol–water partition coefficient (Wildman–Crippen LogP) is 12.1. The Bertz CT molecular complexity index is 4830. The molecule has 13 rings (SSSR count). The van der Waals surface area contributed by atoms with E-state index in [1.807, 2.05) is 0 Å². The Hall–Kier alpha value is -12.9. The molecule has 0 aliphatic carbocycles. The van der Waals surface area contributed by atoms with Crippen molar-refractivity contribution in [3.8, 4) is 0 Å². The Morgan fingerprint density at radius 3 is 0.693 bits per heavy atom. The summed E-state index contributed by atoms with van der Waals surface area (Å²) in [5.41, 5.74) is 0.624. The molecule has 10 aromatic carbocycles. The Balaban J connectivity index is 1.02. The number of hydrogen-bond donors (Lipinski definition) is 0. The molecule has 25 heteroatoms. The lowest BCUT2D eigenvalue weighted by atomic mass is 9.94. The second-order valence-electron chi connectivity index (χ2n) is 26.1. The molecule has 3 saturated heterocycles. The summed E-state index contributed by atoms with van der Waals surface area (Å²) in [7, 11) is 1.20. The minimum absolute atomic E-state index is 0.00507. The van der Waals surface area contributed by atoms with Gasteiger partial charge in [-0.3, -0.25) is 0 Å². The average molecular weight is 1550 g/mol. The highest BCUT2D eigenvalue weighted by molar-refractivity contribution is 5.94. The molecular weight excluding hydrogens is 1470 g/mol. The fourth-order valence-electron chi connectivity index (χ4n) is 12.9. The number of carbonyl (C=O) groups excluding carboxylic acids is 9. The van der Waals surface area contributed by atoms with Gasteiger partial charge in [-0.15, -0.1) is 0 Å².